The second kappa shape index (κ2) is 27.9. The third-order valence-corrected chi connectivity index (χ3v) is 6.68. The molecule has 2 fully saturated rings. The van der Waals surface area contributed by atoms with Gasteiger partial charge in [-0.05, 0) is 65.9 Å². The molecule has 0 aliphatic carbocycles. The van der Waals surface area contributed by atoms with Crippen LogP contribution in [0.25, 0.3) is 0 Å². The molecule has 0 aromatic rings. The maximum absolute atomic E-state index is 11.3. The second-order valence-corrected chi connectivity index (χ2v) is 12.6. The number of hydrogen-bond acceptors (Lipinski definition) is 18. The number of Topliss-reactive ketones (excluding diaryl/α,β-unsaturated/α-hetero) is 2. The highest BCUT2D eigenvalue weighted by Crippen LogP contribution is 2.23. The number of aliphatic hydroxyl groups is 3. The van der Waals surface area contributed by atoms with E-state index in [1.54, 1.807) is 6.26 Å². The summed E-state index contributed by atoms with van der Waals surface area (Å²) in [7, 11) is 0. The number of carbonyl (C=O) groups is 6. The number of ether oxygens (including phenoxy) is 9. The summed E-state index contributed by atoms with van der Waals surface area (Å²) in [5.41, 5.74) is 0.845. The molecule has 3 aliphatic rings. The zero-order valence-corrected chi connectivity index (χ0v) is 32.6. The van der Waals surface area contributed by atoms with E-state index < -0.39 is 74.3 Å². The van der Waals surface area contributed by atoms with Gasteiger partial charge in [0.15, 0.2) is 31.1 Å². The molecule has 0 spiro atoms. The standard InChI is InChI=1S/C14H20O8.C12H18O5.C7H10O4.C5H8O/c1-9(2)11(15)19-5-13(17)7-22-14(18,8-21-13)6-20-12(16)10(3)4;1-9(2)12(14)17-8-10(13)7-16-11-5-3-4-6-15-11;1-5(2)7(10)11-4-6(9)3-8;1-2-4-6-5-3-1/h17-18H,1,3,5-8H2,2,4H3;11H,1,3-8H2,2H3;8H,1,3-4H2,2H3;2,4H,1,3,5H2. The minimum Gasteiger partial charge on any atom is -0.502 e. The fraction of sp³-hybridized carbons (Fsp3) is 0.579. The highest BCUT2D eigenvalue weighted by Gasteiger charge is 2.44. The molecule has 3 aliphatic heterocycles. The Labute approximate surface area is 326 Å². The molecule has 0 aromatic heterocycles. The summed E-state index contributed by atoms with van der Waals surface area (Å²) in [5, 5.41) is 28.2. The van der Waals surface area contributed by atoms with Crippen LogP contribution in [-0.2, 0) is 71.4 Å². The Morgan fingerprint density at radius 3 is 1.45 bits per heavy atom. The van der Waals surface area contributed by atoms with E-state index >= 15 is 0 Å². The molecule has 3 atom stereocenters. The molecule has 3 heterocycles. The van der Waals surface area contributed by atoms with E-state index in [9.17, 15) is 39.0 Å². The third kappa shape index (κ3) is 24.8. The maximum atomic E-state index is 11.3. The molecule has 0 bridgehead atoms. The quantitative estimate of drug-likeness (QED) is 0.114. The summed E-state index contributed by atoms with van der Waals surface area (Å²) < 4.78 is 44.2. The third-order valence-electron chi connectivity index (χ3n) is 6.68. The number of aliphatic hydroxyl groups excluding tert-OH is 1. The van der Waals surface area contributed by atoms with Crippen LogP contribution in [0.4, 0.5) is 0 Å². The highest BCUT2D eigenvalue weighted by atomic mass is 16.7. The highest BCUT2D eigenvalue weighted by molar-refractivity contribution is 5.90. The minimum absolute atomic E-state index is 0.0891. The van der Waals surface area contributed by atoms with E-state index in [1.807, 2.05) is 6.08 Å². The normalized spacial score (nSPS) is 20.8. The first-order valence-corrected chi connectivity index (χ1v) is 17.4. The van der Waals surface area contributed by atoms with Crippen molar-refractivity contribution in [1.29, 1.82) is 0 Å². The Hall–Kier alpha value is -4.56. The average molecular weight is 801 g/mol. The molecular weight excluding hydrogens is 744 g/mol. The van der Waals surface area contributed by atoms with Crippen LogP contribution in [0.1, 0.15) is 59.8 Å². The van der Waals surface area contributed by atoms with Crippen molar-refractivity contribution >= 4 is 35.4 Å². The van der Waals surface area contributed by atoms with Crippen molar-refractivity contribution in [3.63, 3.8) is 0 Å². The summed E-state index contributed by atoms with van der Waals surface area (Å²) in [6.07, 6.45) is 8.78. The van der Waals surface area contributed by atoms with E-state index in [4.69, 9.17) is 43.0 Å². The molecule has 0 radical (unpaired) electrons. The van der Waals surface area contributed by atoms with Crippen LogP contribution in [0.2, 0.25) is 0 Å². The number of allylic oxidation sites excluding steroid dienone is 1. The second-order valence-electron chi connectivity index (χ2n) is 12.6. The van der Waals surface area contributed by atoms with Crippen molar-refractivity contribution in [2.24, 2.45) is 0 Å². The zero-order chi connectivity index (χ0) is 42.7. The lowest BCUT2D eigenvalue weighted by molar-refractivity contribution is -0.377. The SMILES string of the molecule is C1=COCCC1.C=C(C)C(=O)OCC(=O)CO.C=C(C)C(=O)OCC(=O)COC1CCCCO1.C=C(C)C(=O)OCC1(O)COC(O)(COC(=O)C(=C)C)CO1. The molecule has 316 valence electrons. The van der Waals surface area contributed by atoms with E-state index in [0.717, 1.165) is 25.9 Å². The first-order chi connectivity index (χ1) is 26.2. The summed E-state index contributed by atoms with van der Waals surface area (Å²) >= 11 is 0. The van der Waals surface area contributed by atoms with Gasteiger partial charge in [-0.3, -0.25) is 9.59 Å². The molecule has 18 nitrogen and oxygen atoms in total. The molecular formula is C38H56O18. The lowest BCUT2D eigenvalue weighted by Crippen LogP contribution is -2.57. The molecule has 56 heavy (non-hydrogen) atoms. The Balaban J connectivity index is 0.000000784. The van der Waals surface area contributed by atoms with Gasteiger partial charge in [0, 0.05) is 28.9 Å². The summed E-state index contributed by atoms with van der Waals surface area (Å²) in [6, 6.07) is 0. The molecule has 3 unspecified atom stereocenters. The summed E-state index contributed by atoms with van der Waals surface area (Å²) in [6.45, 7) is 17.7. The smallest absolute Gasteiger partial charge is 0.333 e. The van der Waals surface area contributed by atoms with Crippen molar-refractivity contribution < 1.29 is 86.7 Å². The van der Waals surface area contributed by atoms with Crippen LogP contribution < -0.4 is 0 Å². The Morgan fingerprint density at radius 1 is 0.661 bits per heavy atom. The lowest BCUT2D eigenvalue weighted by Gasteiger charge is -2.39. The van der Waals surface area contributed by atoms with E-state index in [0.29, 0.717) is 6.61 Å². The van der Waals surface area contributed by atoms with Crippen LogP contribution in [0, 0.1) is 0 Å². The average Bonchev–Trinajstić information content (AvgIpc) is 3.19. The summed E-state index contributed by atoms with van der Waals surface area (Å²) in [5.74, 6) is -7.15. The molecule has 3 N–H and O–H groups in total. The predicted octanol–water partition coefficient (Wildman–Crippen LogP) is 1.84. The topological polar surface area (TPSA) is 246 Å². The van der Waals surface area contributed by atoms with Crippen molar-refractivity contribution in [1.82, 2.24) is 0 Å². The molecule has 0 amide bonds. The number of ketones is 2. The van der Waals surface area contributed by atoms with Gasteiger partial charge in [-0.1, -0.05) is 26.3 Å². The Morgan fingerprint density at radius 2 is 1.12 bits per heavy atom. The van der Waals surface area contributed by atoms with Crippen LogP contribution >= 0.6 is 0 Å². The van der Waals surface area contributed by atoms with Gasteiger partial charge in [0.2, 0.25) is 11.6 Å². The number of carbonyl (C=O) groups excluding carboxylic acids is 6. The van der Waals surface area contributed by atoms with E-state index in [-0.39, 0.29) is 54.2 Å². The number of esters is 4. The van der Waals surface area contributed by atoms with Crippen LogP contribution in [0.15, 0.2) is 60.9 Å². The monoisotopic (exact) mass is 800 g/mol. The fourth-order valence-corrected chi connectivity index (χ4v) is 3.49. The number of rotatable bonds is 16. The molecule has 2 saturated heterocycles. The molecule has 3 rings (SSSR count). The van der Waals surface area contributed by atoms with Crippen LogP contribution in [0.5, 0.6) is 0 Å². The van der Waals surface area contributed by atoms with Crippen molar-refractivity contribution in [3.8, 4) is 0 Å². The first-order valence-electron chi connectivity index (χ1n) is 17.4. The van der Waals surface area contributed by atoms with Gasteiger partial charge in [0.1, 0.15) is 39.6 Å². The first kappa shape index (κ1) is 51.4. The van der Waals surface area contributed by atoms with Gasteiger partial charge >= 0.3 is 23.9 Å². The van der Waals surface area contributed by atoms with Crippen molar-refractivity contribution in [2.45, 2.75) is 77.7 Å². The zero-order valence-electron chi connectivity index (χ0n) is 32.6. The maximum Gasteiger partial charge on any atom is 0.333 e. The van der Waals surface area contributed by atoms with E-state index in [1.165, 1.54) is 40.5 Å². The molecule has 0 aromatic carbocycles. The fourth-order valence-electron chi connectivity index (χ4n) is 3.49. The lowest BCUT2D eigenvalue weighted by atomic mass is 10.2. The van der Waals surface area contributed by atoms with Gasteiger partial charge in [-0.15, -0.1) is 0 Å². The van der Waals surface area contributed by atoms with Gasteiger partial charge in [-0.2, -0.15) is 0 Å². The predicted molar refractivity (Wildman–Crippen MR) is 196 cm³/mol. The minimum atomic E-state index is -1.89. The largest absolute Gasteiger partial charge is 0.502 e. The Bertz CT molecular complexity index is 1330. The van der Waals surface area contributed by atoms with Gasteiger partial charge in [0.05, 0.1) is 12.9 Å². The number of hydrogen-bond donors (Lipinski definition) is 3. The van der Waals surface area contributed by atoms with E-state index in [2.05, 4.69) is 31.1 Å². The summed E-state index contributed by atoms with van der Waals surface area (Å²) in [4.78, 5) is 65.8. The molecule has 0 saturated carbocycles. The van der Waals surface area contributed by atoms with Crippen molar-refractivity contribution in [3.05, 3.63) is 60.9 Å². The van der Waals surface area contributed by atoms with Gasteiger partial charge in [0.25, 0.3) is 0 Å². The molecule has 18 heteroatoms. The Kier molecular flexibility index (Phi) is 25.7. The van der Waals surface area contributed by atoms with Crippen LogP contribution in [0.3, 0.4) is 0 Å². The van der Waals surface area contributed by atoms with Gasteiger partial charge in [-0.25, -0.2) is 19.2 Å². The van der Waals surface area contributed by atoms with Crippen molar-refractivity contribution in [2.75, 3.05) is 66.1 Å². The van der Waals surface area contributed by atoms with Gasteiger partial charge < -0.3 is 58.0 Å². The van der Waals surface area contributed by atoms with Crippen LogP contribution in [-0.4, -0.2) is 135 Å².